The quantitative estimate of drug-likeness (QED) is 0.492. The number of aromatic nitrogens is 4. The van der Waals surface area contributed by atoms with Crippen molar-refractivity contribution in [1.29, 1.82) is 0 Å². The van der Waals surface area contributed by atoms with Crippen LogP contribution in [0.5, 0.6) is 0 Å². The predicted molar refractivity (Wildman–Crippen MR) is 118 cm³/mol. The third-order valence-corrected chi connectivity index (χ3v) is 5.19. The Morgan fingerprint density at radius 2 is 1.83 bits per heavy atom. The zero-order chi connectivity index (χ0) is 25.6. The molecule has 4 rings (SSSR count). The van der Waals surface area contributed by atoms with Gasteiger partial charge in [-0.2, -0.15) is 13.2 Å². The number of benzene rings is 1. The molecule has 13 heteroatoms. The molecule has 10 nitrogen and oxygen atoms in total. The minimum atomic E-state index is -5.08. The normalized spacial score (nSPS) is 17.5. The van der Waals surface area contributed by atoms with Gasteiger partial charge in [0.15, 0.2) is 0 Å². The summed E-state index contributed by atoms with van der Waals surface area (Å²) in [4.78, 5) is 35.8. The average Bonchev–Trinajstić information content (AvgIpc) is 3.43. The maximum Gasteiger partial charge on any atom is 0.490 e. The number of hydrogen-bond acceptors (Lipinski definition) is 7. The van der Waals surface area contributed by atoms with E-state index in [4.69, 9.17) is 9.90 Å². The highest BCUT2D eigenvalue weighted by Crippen LogP contribution is 2.24. The van der Waals surface area contributed by atoms with Crippen LogP contribution in [0.2, 0.25) is 0 Å². The fourth-order valence-electron chi connectivity index (χ4n) is 3.50. The Labute approximate surface area is 198 Å². The monoisotopic (exact) mass is 492 g/mol. The molecule has 2 atom stereocenters. The van der Waals surface area contributed by atoms with Gasteiger partial charge in [-0.1, -0.05) is 12.1 Å². The average molecular weight is 492 g/mol. The molecule has 3 heterocycles. The van der Waals surface area contributed by atoms with Gasteiger partial charge in [0, 0.05) is 43.8 Å². The van der Waals surface area contributed by atoms with Crippen LogP contribution in [0, 0.1) is 6.92 Å². The summed E-state index contributed by atoms with van der Waals surface area (Å²) in [5, 5.41) is 20.1. The molecule has 3 N–H and O–H groups in total. The first-order valence-corrected chi connectivity index (χ1v) is 10.4. The van der Waals surface area contributed by atoms with Crippen molar-refractivity contribution in [2.24, 2.45) is 0 Å². The van der Waals surface area contributed by atoms with Crippen LogP contribution in [0.25, 0.3) is 5.69 Å². The molecule has 1 saturated heterocycles. The van der Waals surface area contributed by atoms with Gasteiger partial charge in [-0.15, -0.1) is 0 Å². The van der Waals surface area contributed by atoms with Crippen LogP contribution in [0.15, 0.2) is 55.2 Å². The number of nitrogens with zero attached hydrogens (tertiary/aromatic N) is 5. The second-order valence-electron chi connectivity index (χ2n) is 7.66. The molecule has 2 aromatic heterocycles. The van der Waals surface area contributed by atoms with Crippen molar-refractivity contribution >= 4 is 17.7 Å². The SMILES string of the molecule is Cc1nccn1-c1ccc(CNC(=O)C2CC(O)CN2c2ccncn2)cc1.O=C(O)C(F)(F)F. The maximum absolute atomic E-state index is 12.7. The number of carbonyl (C=O) groups is 2. The fourth-order valence-corrected chi connectivity index (χ4v) is 3.50. The van der Waals surface area contributed by atoms with Crippen molar-refractivity contribution in [2.75, 3.05) is 11.4 Å². The summed E-state index contributed by atoms with van der Waals surface area (Å²) in [6, 6.07) is 9.28. The summed E-state index contributed by atoms with van der Waals surface area (Å²) in [7, 11) is 0. The summed E-state index contributed by atoms with van der Waals surface area (Å²) in [6.07, 6.45) is 1.50. The molecule has 1 aliphatic heterocycles. The number of nitrogens with one attached hydrogen (secondary N) is 1. The first kappa shape index (κ1) is 25.6. The van der Waals surface area contributed by atoms with Crippen LogP contribution < -0.4 is 10.2 Å². The number of imidazole rings is 1. The van der Waals surface area contributed by atoms with Crippen LogP contribution in [-0.2, 0) is 16.1 Å². The van der Waals surface area contributed by atoms with Gasteiger partial charge in [-0.25, -0.2) is 19.7 Å². The van der Waals surface area contributed by atoms with E-state index < -0.39 is 24.3 Å². The number of anilines is 1. The maximum atomic E-state index is 12.7. The van der Waals surface area contributed by atoms with Gasteiger partial charge in [0.2, 0.25) is 5.91 Å². The Hall–Kier alpha value is -4.00. The minimum Gasteiger partial charge on any atom is -0.475 e. The number of carboxylic acids is 1. The van der Waals surface area contributed by atoms with E-state index in [0.717, 1.165) is 17.1 Å². The summed E-state index contributed by atoms with van der Waals surface area (Å²) in [6.45, 7) is 2.76. The Bertz CT molecular complexity index is 1140. The summed E-state index contributed by atoms with van der Waals surface area (Å²) in [5.74, 6) is -1.31. The van der Waals surface area contributed by atoms with Crippen LogP contribution in [-0.4, -0.2) is 66.5 Å². The van der Waals surface area contributed by atoms with E-state index >= 15 is 0 Å². The number of rotatable bonds is 5. The number of aliphatic carboxylic acids is 1. The van der Waals surface area contributed by atoms with E-state index in [-0.39, 0.29) is 5.91 Å². The van der Waals surface area contributed by atoms with Crippen molar-refractivity contribution in [3.05, 3.63) is 66.6 Å². The first-order chi connectivity index (χ1) is 16.6. The van der Waals surface area contributed by atoms with Crippen LogP contribution in [0.3, 0.4) is 0 Å². The molecular formula is C22H23F3N6O4. The van der Waals surface area contributed by atoms with E-state index in [2.05, 4.69) is 20.3 Å². The number of aryl methyl sites for hydroxylation is 1. The molecule has 0 bridgehead atoms. The van der Waals surface area contributed by atoms with E-state index in [0.29, 0.717) is 25.3 Å². The molecule has 1 aliphatic rings. The van der Waals surface area contributed by atoms with Crippen molar-refractivity contribution in [3.63, 3.8) is 0 Å². The largest absolute Gasteiger partial charge is 0.490 e. The van der Waals surface area contributed by atoms with Gasteiger partial charge < -0.3 is 25.0 Å². The fraction of sp³-hybridized carbons (Fsp3) is 0.318. The molecule has 35 heavy (non-hydrogen) atoms. The Kier molecular flexibility index (Phi) is 8.02. The standard InChI is InChI=1S/C20H22N6O2.C2HF3O2/c1-14-22-8-9-25(14)16-4-2-15(3-5-16)11-23-20(28)18-10-17(27)12-26(18)19-6-7-21-13-24-19;3-2(4,5)1(6)7/h2-9,13,17-18,27H,10-12H2,1H3,(H,23,28);(H,6,7). The third-order valence-electron chi connectivity index (χ3n) is 5.19. The Morgan fingerprint density at radius 1 is 1.14 bits per heavy atom. The molecule has 1 aromatic carbocycles. The van der Waals surface area contributed by atoms with Crippen molar-refractivity contribution in [2.45, 2.75) is 38.2 Å². The zero-order valence-corrected chi connectivity index (χ0v) is 18.6. The molecule has 1 fully saturated rings. The number of hydrogen-bond donors (Lipinski definition) is 3. The lowest BCUT2D eigenvalue weighted by molar-refractivity contribution is -0.192. The highest BCUT2D eigenvalue weighted by molar-refractivity contribution is 5.85. The lowest BCUT2D eigenvalue weighted by atomic mass is 10.1. The summed E-state index contributed by atoms with van der Waals surface area (Å²) >= 11 is 0. The second-order valence-corrected chi connectivity index (χ2v) is 7.66. The molecule has 0 spiro atoms. The Morgan fingerprint density at radius 3 is 2.37 bits per heavy atom. The zero-order valence-electron chi connectivity index (χ0n) is 18.6. The van der Waals surface area contributed by atoms with Crippen molar-refractivity contribution < 1.29 is 33.0 Å². The summed E-state index contributed by atoms with van der Waals surface area (Å²) in [5.41, 5.74) is 2.03. The van der Waals surface area contributed by atoms with Gasteiger partial charge in [-0.3, -0.25) is 4.79 Å². The predicted octanol–water partition coefficient (Wildman–Crippen LogP) is 1.86. The van der Waals surface area contributed by atoms with Crippen molar-refractivity contribution in [3.8, 4) is 5.69 Å². The van der Waals surface area contributed by atoms with Crippen LogP contribution in [0.4, 0.5) is 19.0 Å². The second kappa shape index (κ2) is 11.0. The minimum absolute atomic E-state index is 0.121. The number of aliphatic hydroxyl groups excluding tert-OH is 1. The number of alkyl halides is 3. The number of amides is 1. The van der Waals surface area contributed by atoms with Gasteiger partial charge in [0.05, 0.1) is 6.10 Å². The third kappa shape index (κ3) is 6.76. The molecule has 0 aliphatic carbocycles. The number of aliphatic hydroxyl groups is 1. The number of carboxylic acid groups (broad SMARTS) is 1. The van der Waals surface area contributed by atoms with Gasteiger partial charge in [-0.05, 0) is 30.7 Å². The number of halogens is 3. The molecule has 0 saturated carbocycles. The van der Waals surface area contributed by atoms with Gasteiger partial charge >= 0.3 is 12.1 Å². The van der Waals surface area contributed by atoms with Crippen molar-refractivity contribution in [1.82, 2.24) is 24.8 Å². The van der Waals surface area contributed by atoms with E-state index in [1.165, 1.54) is 6.33 Å². The molecule has 2 unspecified atom stereocenters. The smallest absolute Gasteiger partial charge is 0.475 e. The van der Waals surface area contributed by atoms with Crippen LogP contribution in [0.1, 0.15) is 17.8 Å². The lowest BCUT2D eigenvalue weighted by Crippen LogP contribution is -2.43. The summed E-state index contributed by atoms with van der Waals surface area (Å²) < 4.78 is 33.7. The molecule has 3 aromatic rings. The Balaban J connectivity index is 0.000000429. The topological polar surface area (TPSA) is 133 Å². The highest BCUT2D eigenvalue weighted by atomic mass is 19.4. The van der Waals surface area contributed by atoms with E-state index in [9.17, 15) is 23.1 Å². The van der Waals surface area contributed by atoms with E-state index in [1.807, 2.05) is 46.9 Å². The van der Waals surface area contributed by atoms with Gasteiger partial charge in [0.25, 0.3) is 0 Å². The first-order valence-electron chi connectivity index (χ1n) is 10.4. The number of β-amino-alcohol motifs (C(OH)–C–C–N with tert-alkyl or cyclic N) is 1. The lowest BCUT2D eigenvalue weighted by Gasteiger charge is -2.24. The van der Waals surface area contributed by atoms with E-state index in [1.54, 1.807) is 18.5 Å². The molecular weight excluding hydrogens is 469 g/mol. The molecule has 0 radical (unpaired) electrons. The molecule has 1 amide bonds. The van der Waals surface area contributed by atoms with Gasteiger partial charge in [0.1, 0.15) is 24.0 Å². The highest BCUT2D eigenvalue weighted by Gasteiger charge is 2.38. The molecule has 186 valence electrons. The number of carbonyl (C=O) groups excluding carboxylic acids is 1. The van der Waals surface area contributed by atoms with Crippen LogP contribution >= 0.6 is 0 Å².